The lowest BCUT2D eigenvalue weighted by atomic mass is 10.1. The van der Waals surface area contributed by atoms with E-state index in [2.05, 4.69) is 15.6 Å². The van der Waals surface area contributed by atoms with Crippen molar-refractivity contribution in [1.29, 1.82) is 0 Å². The predicted molar refractivity (Wildman–Crippen MR) is 82.1 cm³/mol. The summed E-state index contributed by atoms with van der Waals surface area (Å²) in [4.78, 5) is 27.8. The van der Waals surface area contributed by atoms with Crippen molar-refractivity contribution < 1.29 is 9.59 Å². The first kappa shape index (κ1) is 14.7. The minimum absolute atomic E-state index is 0.358. The largest absolute Gasteiger partial charge is 0.318 e. The Hall–Kier alpha value is -2.69. The number of carbonyl (C=O) groups excluding carboxylic acids is 2. The molecule has 5 nitrogen and oxygen atoms in total. The van der Waals surface area contributed by atoms with Gasteiger partial charge in [-0.2, -0.15) is 0 Å². The molecule has 1 aromatic heterocycles. The second kappa shape index (κ2) is 6.17. The van der Waals surface area contributed by atoms with E-state index in [0.29, 0.717) is 11.5 Å². The number of aromatic nitrogens is 1. The van der Waals surface area contributed by atoms with Crippen LogP contribution in [0.1, 0.15) is 16.7 Å². The quantitative estimate of drug-likeness (QED) is 0.832. The third-order valence-corrected chi connectivity index (χ3v) is 3.00. The number of anilines is 2. The van der Waals surface area contributed by atoms with Crippen molar-refractivity contribution in [1.82, 2.24) is 4.98 Å². The first-order valence-electron chi connectivity index (χ1n) is 6.58. The maximum absolute atomic E-state index is 11.9. The number of aryl methyl sites for hydroxylation is 3. The van der Waals surface area contributed by atoms with Crippen molar-refractivity contribution >= 4 is 23.3 Å². The van der Waals surface area contributed by atoms with Crippen LogP contribution in [0.5, 0.6) is 0 Å². The Kier molecular flexibility index (Phi) is 4.33. The molecule has 0 bridgehead atoms. The topological polar surface area (TPSA) is 71.1 Å². The van der Waals surface area contributed by atoms with E-state index in [9.17, 15) is 9.59 Å². The molecule has 2 amide bonds. The maximum Gasteiger partial charge on any atom is 0.315 e. The summed E-state index contributed by atoms with van der Waals surface area (Å²) >= 11 is 0. The molecular formula is C16H17N3O2. The highest BCUT2D eigenvalue weighted by molar-refractivity contribution is 6.43. The Labute approximate surface area is 123 Å². The minimum atomic E-state index is -0.742. The molecule has 0 fully saturated rings. The fraction of sp³-hybridized carbons (Fsp3) is 0.188. The molecule has 0 saturated heterocycles. The number of nitrogens with zero attached hydrogens (tertiary/aromatic N) is 1. The van der Waals surface area contributed by atoms with Crippen LogP contribution in [0.25, 0.3) is 0 Å². The van der Waals surface area contributed by atoms with Gasteiger partial charge in [-0.05, 0) is 55.7 Å². The number of rotatable bonds is 2. The summed E-state index contributed by atoms with van der Waals surface area (Å²) in [5.41, 5.74) is 3.50. The highest BCUT2D eigenvalue weighted by Crippen LogP contribution is 2.16. The lowest BCUT2D eigenvalue weighted by Gasteiger charge is -2.09. The van der Waals surface area contributed by atoms with E-state index in [1.54, 1.807) is 12.3 Å². The number of nitrogens with one attached hydrogen (secondary N) is 2. The van der Waals surface area contributed by atoms with Gasteiger partial charge < -0.3 is 10.6 Å². The molecule has 0 aliphatic heterocycles. The number of hydrogen-bond acceptors (Lipinski definition) is 3. The Bertz CT molecular complexity index is 696. The van der Waals surface area contributed by atoms with Crippen LogP contribution in [0.15, 0.2) is 36.5 Å². The Morgan fingerprint density at radius 3 is 2.29 bits per heavy atom. The fourth-order valence-corrected chi connectivity index (χ4v) is 1.83. The highest BCUT2D eigenvalue weighted by Gasteiger charge is 2.15. The van der Waals surface area contributed by atoms with Crippen molar-refractivity contribution in [3.8, 4) is 0 Å². The second-order valence-electron chi connectivity index (χ2n) is 4.95. The number of pyridine rings is 1. The summed E-state index contributed by atoms with van der Waals surface area (Å²) in [6, 6.07) is 9.17. The smallest absolute Gasteiger partial charge is 0.315 e. The maximum atomic E-state index is 11.9. The standard InChI is InChI=1S/C16H17N3O2/c1-10-4-5-12(3)13(8-10)18-15(20)16(21)19-14-9-11(2)6-7-17-14/h4-9H,1-3H3,(H,18,20)(H,17,19,21). The monoisotopic (exact) mass is 283 g/mol. The molecule has 2 N–H and O–H groups in total. The van der Waals surface area contributed by atoms with E-state index in [0.717, 1.165) is 16.7 Å². The molecule has 5 heteroatoms. The molecular weight excluding hydrogens is 266 g/mol. The number of carbonyl (C=O) groups is 2. The summed E-state index contributed by atoms with van der Waals surface area (Å²) in [7, 11) is 0. The Morgan fingerprint density at radius 2 is 1.57 bits per heavy atom. The zero-order valence-corrected chi connectivity index (χ0v) is 12.2. The van der Waals surface area contributed by atoms with Gasteiger partial charge in [0.2, 0.25) is 0 Å². The third-order valence-electron chi connectivity index (χ3n) is 3.00. The van der Waals surface area contributed by atoms with E-state index in [1.807, 2.05) is 45.0 Å². The molecule has 0 saturated carbocycles. The zero-order valence-electron chi connectivity index (χ0n) is 12.2. The van der Waals surface area contributed by atoms with Crippen LogP contribution in [-0.2, 0) is 9.59 Å². The molecule has 2 rings (SSSR count). The summed E-state index contributed by atoms with van der Waals surface area (Å²) in [5, 5.41) is 5.08. The third kappa shape index (κ3) is 3.89. The normalized spacial score (nSPS) is 10.0. The average molecular weight is 283 g/mol. The molecule has 1 aromatic carbocycles. The summed E-state index contributed by atoms with van der Waals surface area (Å²) < 4.78 is 0. The minimum Gasteiger partial charge on any atom is -0.318 e. The zero-order chi connectivity index (χ0) is 15.4. The van der Waals surface area contributed by atoms with Crippen molar-refractivity contribution in [2.24, 2.45) is 0 Å². The number of benzene rings is 1. The predicted octanol–water partition coefficient (Wildman–Crippen LogP) is 2.58. The molecule has 0 atom stereocenters. The van der Waals surface area contributed by atoms with Crippen molar-refractivity contribution in [3.63, 3.8) is 0 Å². The van der Waals surface area contributed by atoms with Crippen LogP contribution in [0.3, 0.4) is 0 Å². The summed E-state index contributed by atoms with van der Waals surface area (Å²) in [5.74, 6) is -1.10. The molecule has 2 aromatic rings. The van der Waals surface area contributed by atoms with Gasteiger partial charge in [0.25, 0.3) is 0 Å². The van der Waals surface area contributed by atoms with Gasteiger partial charge in [-0.25, -0.2) is 4.98 Å². The first-order valence-corrected chi connectivity index (χ1v) is 6.58. The molecule has 21 heavy (non-hydrogen) atoms. The molecule has 0 aliphatic carbocycles. The van der Waals surface area contributed by atoms with Crippen LogP contribution >= 0.6 is 0 Å². The lowest BCUT2D eigenvalue weighted by Crippen LogP contribution is -2.29. The average Bonchev–Trinajstić information content (AvgIpc) is 2.43. The van der Waals surface area contributed by atoms with Crippen LogP contribution in [0, 0.1) is 20.8 Å². The van der Waals surface area contributed by atoms with Crippen molar-refractivity contribution in [2.75, 3.05) is 10.6 Å². The number of amides is 2. The highest BCUT2D eigenvalue weighted by atomic mass is 16.2. The van der Waals surface area contributed by atoms with Crippen molar-refractivity contribution in [2.45, 2.75) is 20.8 Å². The molecule has 108 valence electrons. The summed E-state index contributed by atoms with van der Waals surface area (Å²) in [6.45, 7) is 5.68. The van der Waals surface area contributed by atoms with Crippen LogP contribution in [-0.4, -0.2) is 16.8 Å². The van der Waals surface area contributed by atoms with Gasteiger partial charge in [0.1, 0.15) is 5.82 Å². The fourth-order valence-electron chi connectivity index (χ4n) is 1.83. The molecule has 1 heterocycles. The van der Waals surface area contributed by atoms with Gasteiger partial charge in [0.15, 0.2) is 0 Å². The van der Waals surface area contributed by atoms with Gasteiger partial charge in [0, 0.05) is 11.9 Å². The molecule has 0 spiro atoms. The SMILES string of the molecule is Cc1ccnc(NC(=O)C(=O)Nc2cc(C)ccc2C)c1. The van der Waals surface area contributed by atoms with Gasteiger partial charge in [-0.3, -0.25) is 9.59 Å². The van der Waals surface area contributed by atoms with E-state index < -0.39 is 11.8 Å². The van der Waals surface area contributed by atoms with Gasteiger partial charge in [0.05, 0.1) is 0 Å². The molecule has 0 aliphatic rings. The second-order valence-corrected chi connectivity index (χ2v) is 4.95. The van der Waals surface area contributed by atoms with Gasteiger partial charge >= 0.3 is 11.8 Å². The first-order chi connectivity index (χ1) is 9.95. The van der Waals surface area contributed by atoms with E-state index in [4.69, 9.17) is 0 Å². The van der Waals surface area contributed by atoms with Crippen LogP contribution in [0.2, 0.25) is 0 Å². The van der Waals surface area contributed by atoms with E-state index >= 15 is 0 Å². The Morgan fingerprint density at radius 1 is 0.905 bits per heavy atom. The van der Waals surface area contributed by atoms with Gasteiger partial charge in [-0.1, -0.05) is 12.1 Å². The molecule has 0 unspecified atom stereocenters. The van der Waals surface area contributed by atoms with E-state index in [-0.39, 0.29) is 0 Å². The van der Waals surface area contributed by atoms with Crippen molar-refractivity contribution in [3.05, 3.63) is 53.2 Å². The van der Waals surface area contributed by atoms with Gasteiger partial charge in [-0.15, -0.1) is 0 Å². The molecule has 0 radical (unpaired) electrons. The van der Waals surface area contributed by atoms with Crippen LogP contribution in [0.4, 0.5) is 11.5 Å². The number of hydrogen-bond donors (Lipinski definition) is 2. The Balaban J connectivity index is 2.06. The van der Waals surface area contributed by atoms with E-state index in [1.165, 1.54) is 0 Å². The lowest BCUT2D eigenvalue weighted by molar-refractivity contribution is -0.133. The summed E-state index contributed by atoms with van der Waals surface area (Å²) in [6.07, 6.45) is 1.58. The van der Waals surface area contributed by atoms with Crippen LogP contribution < -0.4 is 10.6 Å².